The first-order chi connectivity index (χ1) is 9.47. The summed E-state index contributed by atoms with van der Waals surface area (Å²) in [5.74, 6) is -0.576. The van der Waals surface area contributed by atoms with Crippen LogP contribution in [0, 0.1) is 12.8 Å². The van der Waals surface area contributed by atoms with Crippen molar-refractivity contribution < 1.29 is 9.59 Å². The summed E-state index contributed by atoms with van der Waals surface area (Å²) >= 11 is 5.87. The first-order valence-corrected chi connectivity index (χ1v) is 7.21. The van der Waals surface area contributed by atoms with E-state index in [1.807, 2.05) is 6.92 Å². The molecular weight excluding hydrogens is 276 g/mol. The molecule has 1 aliphatic rings. The molecule has 1 fully saturated rings. The highest BCUT2D eigenvalue weighted by Crippen LogP contribution is 2.20. The zero-order chi connectivity index (χ0) is 14.7. The Morgan fingerprint density at radius 3 is 2.80 bits per heavy atom. The molecule has 1 N–H and O–H groups in total. The van der Waals surface area contributed by atoms with Gasteiger partial charge in [-0.2, -0.15) is 0 Å². The largest absolute Gasteiger partial charge is 0.334 e. The average Bonchev–Trinajstić information content (AvgIpc) is 2.41. The van der Waals surface area contributed by atoms with Crippen LogP contribution in [-0.2, 0) is 9.59 Å². The normalized spacial score (nSPS) is 18.8. The van der Waals surface area contributed by atoms with Crippen molar-refractivity contribution in [3.63, 3.8) is 0 Å². The number of hydrogen-bond donors (Lipinski definition) is 1. The third-order valence-electron chi connectivity index (χ3n) is 3.58. The Hall–Kier alpha value is -1.55. The number of carbonyl (C=O) groups excluding carboxylic acids is 2. The summed E-state index contributed by atoms with van der Waals surface area (Å²) < 4.78 is 0. The van der Waals surface area contributed by atoms with Crippen LogP contribution < -0.4 is 5.32 Å². The topological polar surface area (TPSA) is 49.4 Å². The molecule has 1 aliphatic heterocycles. The Bertz CT molecular complexity index is 531. The molecule has 0 aliphatic carbocycles. The van der Waals surface area contributed by atoms with E-state index in [2.05, 4.69) is 12.2 Å². The highest BCUT2D eigenvalue weighted by molar-refractivity contribution is 6.39. The molecule has 2 rings (SSSR count). The van der Waals surface area contributed by atoms with E-state index < -0.39 is 11.8 Å². The SMILES string of the molecule is Cc1cc(Cl)ccc1NC(=O)C(=O)N1CCCC(C)C1. The van der Waals surface area contributed by atoms with Crippen molar-refractivity contribution in [3.05, 3.63) is 28.8 Å². The zero-order valence-electron chi connectivity index (χ0n) is 11.8. The molecule has 4 nitrogen and oxygen atoms in total. The summed E-state index contributed by atoms with van der Waals surface area (Å²) in [5.41, 5.74) is 1.46. The number of amides is 2. The van der Waals surface area contributed by atoms with E-state index in [0.717, 1.165) is 18.4 Å². The zero-order valence-corrected chi connectivity index (χ0v) is 12.5. The fourth-order valence-corrected chi connectivity index (χ4v) is 2.69. The van der Waals surface area contributed by atoms with Gasteiger partial charge in [-0.25, -0.2) is 0 Å². The van der Waals surface area contributed by atoms with Gasteiger partial charge in [0, 0.05) is 23.8 Å². The van der Waals surface area contributed by atoms with Gasteiger partial charge in [0.1, 0.15) is 0 Å². The van der Waals surface area contributed by atoms with Crippen molar-refractivity contribution in [3.8, 4) is 0 Å². The van der Waals surface area contributed by atoms with Gasteiger partial charge in [-0.05, 0) is 49.4 Å². The van der Waals surface area contributed by atoms with Crippen molar-refractivity contribution in [1.29, 1.82) is 0 Å². The van der Waals surface area contributed by atoms with Crippen LogP contribution >= 0.6 is 11.6 Å². The molecule has 1 atom stereocenters. The van der Waals surface area contributed by atoms with Crippen molar-refractivity contribution >= 4 is 29.1 Å². The summed E-state index contributed by atoms with van der Waals surface area (Å²) in [4.78, 5) is 25.8. The Morgan fingerprint density at radius 2 is 2.15 bits per heavy atom. The van der Waals surface area contributed by atoms with Crippen molar-refractivity contribution in [2.75, 3.05) is 18.4 Å². The molecule has 1 saturated heterocycles. The lowest BCUT2D eigenvalue weighted by Crippen LogP contribution is -2.44. The number of nitrogens with zero attached hydrogens (tertiary/aromatic N) is 1. The number of likely N-dealkylation sites (tertiary alicyclic amines) is 1. The molecule has 0 saturated carbocycles. The van der Waals surface area contributed by atoms with Gasteiger partial charge in [0.15, 0.2) is 0 Å². The molecule has 0 radical (unpaired) electrons. The van der Waals surface area contributed by atoms with E-state index in [1.165, 1.54) is 0 Å². The summed E-state index contributed by atoms with van der Waals surface area (Å²) in [7, 11) is 0. The molecular formula is C15H19ClN2O2. The number of carbonyl (C=O) groups is 2. The number of rotatable bonds is 1. The van der Waals surface area contributed by atoms with E-state index in [9.17, 15) is 9.59 Å². The summed E-state index contributed by atoms with van der Waals surface area (Å²) in [6, 6.07) is 5.16. The average molecular weight is 295 g/mol. The highest BCUT2D eigenvalue weighted by atomic mass is 35.5. The lowest BCUT2D eigenvalue weighted by atomic mass is 10.0. The standard InChI is InChI=1S/C15H19ClN2O2/c1-10-4-3-7-18(9-10)15(20)14(19)17-13-6-5-12(16)8-11(13)2/h5-6,8,10H,3-4,7,9H2,1-2H3,(H,17,19). The second-order valence-electron chi connectivity index (χ2n) is 5.41. The van der Waals surface area contributed by atoms with E-state index >= 15 is 0 Å². The van der Waals surface area contributed by atoms with Crippen molar-refractivity contribution in [2.24, 2.45) is 5.92 Å². The number of anilines is 1. The minimum Gasteiger partial charge on any atom is -0.334 e. The Balaban J connectivity index is 2.02. The minimum absolute atomic E-state index is 0.453. The lowest BCUT2D eigenvalue weighted by Gasteiger charge is -2.30. The predicted molar refractivity (Wildman–Crippen MR) is 79.8 cm³/mol. The summed E-state index contributed by atoms with van der Waals surface area (Å²) in [6.45, 7) is 5.26. The van der Waals surface area contributed by atoms with Gasteiger partial charge in [0.05, 0.1) is 0 Å². The van der Waals surface area contributed by atoms with Crippen molar-refractivity contribution in [2.45, 2.75) is 26.7 Å². The predicted octanol–water partition coefficient (Wildman–Crippen LogP) is 2.85. The highest BCUT2D eigenvalue weighted by Gasteiger charge is 2.26. The molecule has 1 heterocycles. The summed E-state index contributed by atoms with van der Waals surface area (Å²) in [5, 5.41) is 3.27. The maximum absolute atomic E-state index is 12.1. The first kappa shape index (κ1) is 14.9. The minimum atomic E-state index is -0.579. The third-order valence-corrected chi connectivity index (χ3v) is 3.81. The van der Waals surface area contributed by atoms with E-state index in [4.69, 9.17) is 11.6 Å². The van der Waals surface area contributed by atoms with Gasteiger partial charge in [0.25, 0.3) is 0 Å². The maximum atomic E-state index is 12.1. The maximum Gasteiger partial charge on any atom is 0.313 e. The second kappa shape index (κ2) is 6.27. The second-order valence-corrected chi connectivity index (χ2v) is 5.85. The number of hydrogen-bond acceptors (Lipinski definition) is 2. The van der Waals surface area contributed by atoms with E-state index in [-0.39, 0.29) is 0 Å². The van der Waals surface area contributed by atoms with Crippen LogP contribution in [0.2, 0.25) is 5.02 Å². The fraction of sp³-hybridized carbons (Fsp3) is 0.467. The molecule has 0 spiro atoms. The van der Waals surface area contributed by atoms with Gasteiger partial charge in [-0.15, -0.1) is 0 Å². The molecule has 108 valence electrons. The quantitative estimate of drug-likeness (QED) is 0.810. The number of benzene rings is 1. The first-order valence-electron chi connectivity index (χ1n) is 6.84. The fourth-order valence-electron chi connectivity index (χ4n) is 2.46. The Labute approximate surface area is 124 Å². The molecule has 1 aromatic carbocycles. The Morgan fingerprint density at radius 1 is 1.40 bits per heavy atom. The van der Waals surface area contributed by atoms with Crippen LogP contribution in [0.3, 0.4) is 0 Å². The number of nitrogens with one attached hydrogen (secondary N) is 1. The smallest absolute Gasteiger partial charge is 0.313 e. The van der Waals surface area contributed by atoms with Crippen LogP contribution in [-0.4, -0.2) is 29.8 Å². The van der Waals surface area contributed by atoms with Gasteiger partial charge < -0.3 is 10.2 Å². The van der Waals surface area contributed by atoms with E-state index in [0.29, 0.717) is 29.7 Å². The lowest BCUT2D eigenvalue weighted by molar-refractivity contribution is -0.144. The Kier molecular flexibility index (Phi) is 4.65. The van der Waals surface area contributed by atoms with Crippen LogP contribution in [0.15, 0.2) is 18.2 Å². The van der Waals surface area contributed by atoms with Crippen molar-refractivity contribution in [1.82, 2.24) is 4.90 Å². The molecule has 1 aromatic rings. The third kappa shape index (κ3) is 3.51. The molecule has 0 bridgehead atoms. The van der Waals surface area contributed by atoms with Gasteiger partial charge >= 0.3 is 11.8 Å². The number of piperidine rings is 1. The molecule has 5 heteroatoms. The van der Waals surface area contributed by atoms with Gasteiger partial charge in [-0.1, -0.05) is 18.5 Å². The van der Waals surface area contributed by atoms with Crippen LogP contribution in [0.1, 0.15) is 25.3 Å². The monoisotopic (exact) mass is 294 g/mol. The number of aryl methyl sites for hydroxylation is 1. The van der Waals surface area contributed by atoms with Crippen LogP contribution in [0.5, 0.6) is 0 Å². The molecule has 0 aromatic heterocycles. The molecule has 1 unspecified atom stereocenters. The van der Waals surface area contributed by atoms with E-state index in [1.54, 1.807) is 23.1 Å². The van der Waals surface area contributed by atoms with Crippen LogP contribution in [0.25, 0.3) is 0 Å². The van der Waals surface area contributed by atoms with Crippen LogP contribution in [0.4, 0.5) is 5.69 Å². The molecule has 20 heavy (non-hydrogen) atoms. The van der Waals surface area contributed by atoms with Gasteiger partial charge in [-0.3, -0.25) is 9.59 Å². The molecule has 2 amide bonds. The van der Waals surface area contributed by atoms with Gasteiger partial charge in [0.2, 0.25) is 0 Å². The summed E-state index contributed by atoms with van der Waals surface area (Å²) in [6.07, 6.45) is 2.07. The number of halogens is 1.